The summed E-state index contributed by atoms with van der Waals surface area (Å²) in [6.07, 6.45) is 0. The van der Waals surface area contributed by atoms with Crippen LogP contribution >= 0.6 is 11.6 Å². The van der Waals surface area contributed by atoms with Crippen molar-refractivity contribution >= 4 is 21.6 Å². The van der Waals surface area contributed by atoms with Gasteiger partial charge in [0.25, 0.3) is 0 Å². The Labute approximate surface area is 141 Å². The standard InChI is InChI=1S/C16H18ClNO4S/c1-12-3-6-14(7-4-12)22-10-9-18-23(19,20)16-11-13(17)5-8-15(16)21-2/h3-8,11,18H,9-10H2,1-2H3. The molecule has 23 heavy (non-hydrogen) atoms. The first kappa shape index (κ1) is 17.6. The van der Waals surface area contributed by atoms with E-state index >= 15 is 0 Å². The third kappa shape index (κ3) is 4.86. The summed E-state index contributed by atoms with van der Waals surface area (Å²) in [6, 6.07) is 12.0. The first-order valence-electron chi connectivity index (χ1n) is 6.95. The molecule has 0 bridgehead atoms. The van der Waals surface area contributed by atoms with Crippen molar-refractivity contribution in [1.82, 2.24) is 4.72 Å². The molecular formula is C16H18ClNO4S. The molecule has 7 heteroatoms. The van der Waals surface area contributed by atoms with Gasteiger partial charge < -0.3 is 9.47 Å². The minimum Gasteiger partial charge on any atom is -0.495 e. The van der Waals surface area contributed by atoms with Gasteiger partial charge in [-0.15, -0.1) is 0 Å². The normalized spacial score (nSPS) is 11.3. The van der Waals surface area contributed by atoms with Gasteiger partial charge in [-0.05, 0) is 37.3 Å². The Hall–Kier alpha value is -1.76. The first-order valence-corrected chi connectivity index (χ1v) is 8.81. The zero-order valence-electron chi connectivity index (χ0n) is 12.9. The van der Waals surface area contributed by atoms with Gasteiger partial charge in [0.15, 0.2) is 0 Å². The van der Waals surface area contributed by atoms with E-state index in [1.807, 2.05) is 31.2 Å². The third-order valence-corrected chi connectivity index (χ3v) is 4.82. The molecule has 0 aromatic heterocycles. The number of rotatable bonds is 7. The Morgan fingerprint density at radius 1 is 1.13 bits per heavy atom. The van der Waals surface area contributed by atoms with E-state index in [9.17, 15) is 8.42 Å². The molecule has 2 aromatic carbocycles. The Bertz CT molecular complexity index is 760. The topological polar surface area (TPSA) is 64.6 Å². The molecule has 0 radical (unpaired) electrons. The first-order chi connectivity index (χ1) is 10.9. The zero-order valence-corrected chi connectivity index (χ0v) is 14.4. The highest BCUT2D eigenvalue weighted by molar-refractivity contribution is 7.89. The van der Waals surface area contributed by atoms with Crippen LogP contribution in [0.2, 0.25) is 5.02 Å². The molecular weight excluding hydrogens is 338 g/mol. The lowest BCUT2D eigenvalue weighted by Crippen LogP contribution is -2.28. The molecule has 5 nitrogen and oxygen atoms in total. The van der Waals surface area contributed by atoms with Crippen molar-refractivity contribution in [3.8, 4) is 11.5 Å². The van der Waals surface area contributed by atoms with E-state index in [2.05, 4.69) is 4.72 Å². The monoisotopic (exact) mass is 355 g/mol. The lowest BCUT2D eigenvalue weighted by molar-refractivity contribution is 0.322. The van der Waals surface area contributed by atoms with Crippen LogP contribution in [0, 0.1) is 6.92 Å². The van der Waals surface area contributed by atoms with Crippen LogP contribution in [0.4, 0.5) is 0 Å². The van der Waals surface area contributed by atoms with Gasteiger partial charge in [0.2, 0.25) is 10.0 Å². The van der Waals surface area contributed by atoms with Gasteiger partial charge >= 0.3 is 0 Å². The molecule has 0 aliphatic carbocycles. The van der Waals surface area contributed by atoms with Crippen molar-refractivity contribution in [3.63, 3.8) is 0 Å². The molecule has 124 valence electrons. The molecule has 1 N–H and O–H groups in total. The minimum absolute atomic E-state index is 0.00263. The summed E-state index contributed by atoms with van der Waals surface area (Å²) < 4.78 is 37.6. The fourth-order valence-corrected chi connectivity index (χ4v) is 3.36. The second-order valence-corrected chi connectivity index (χ2v) is 7.03. The summed E-state index contributed by atoms with van der Waals surface area (Å²) in [5, 5.41) is 0.321. The molecule has 0 fully saturated rings. The minimum atomic E-state index is -3.73. The predicted octanol–water partition coefficient (Wildman–Crippen LogP) is 3.01. The van der Waals surface area contributed by atoms with Crippen LogP contribution < -0.4 is 14.2 Å². The van der Waals surface area contributed by atoms with Gasteiger partial charge in [0.05, 0.1) is 7.11 Å². The van der Waals surface area contributed by atoms with E-state index in [0.717, 1.165) is 5.56 Å². The molecule has 0 aliphatic rings. The van der Waals surface area contributed by atoms with E-state index in [1.165, 1.54) is 19.2 Å². The van der Waals surface area contributed by atoms with Crippen molar-refractivity contribution in [1.29, 1.82) is 0 Å². The molecule has 0 saturated carbocycles. The molecule has 0 unspecified atom stereocenters. The van der Waals surface area contributed by atoms with E-state index in [0.29, 0.717) is 10.8 Å². The van der Waals surface area contributed by atoms with Gasteiger partial charge in [-0.3, -0.25) is 0 Å². The van der Waals surface area contributed by atoms with Crippen molar-refractivity contribution in [3.05, 3.63) is 53.1 Å². The average Bonchev–Trinajstić information content (AvgIpc) is 2.53. The van der Waals surface area contributed by atoms with E-state index < -0.39 is 10.0 Å². The third-order valence-electron chi connectivity index (χ3n) is 3.10. The SMILES string of the molecule is COc1ccc(Cl)cc1S(=O)(=O)NCCOc1ccc(C)cc1. The number of hydrogen-bond acceptors (Lipinski definition) is 4. The maximum atomic E-state index is 12.3. The van der Waals surface area contributed by atoms with Gasteiger partial charge in [-0.1, -0.05) is 29.3 Å². The van der Waals surface area contributed by atoms with Crippen molar-refractivity contribution in [2.24, 2.45) is 0 Å². The average molecular weight is 356 g/mol. The molecule has 2 aromatic rings. The second kappa shape index (κ2) is 7.68. The summed E-state index contributed by atoms with van der Waals surface area (Å²) in [5.41, 5.74) is 1.13. The number of aryl methyl sites for hydroxylation is 1. The van der Waals surface area contributed by atoms with E-state index in [4.69, 9.17) is 21.1 Å². The highest BCUT2D eigenvalue weighted by Gasteiger charge is 2.19. The van der Waals surface area contributed by atoms with Crippen LogP contribution in [0.5, 0.6) is 11.5 Å². The van der Waals surface area contributed by atoms with Gasteiger partial charge in [-0.2, -0.15) is 0 Å². The van der Waals surface area contributed by atoms with Crippen molar-refractivity contribution in [2.75, 3.05) is 20.3 Å². The Morgan fingerprint density at radius 2 is 1.83 bits per heavy atom. The number of methoxy groups -OCH3 is 1. The fraction of sp³-hybridized carbons (Fsp3) is 0.250. The van der Waals surface area contributed by atoms with E-state index in [1.54, 1.807) is 6.07 Å². The quantitative estimate of drug-likeness (QED) is 0.775. The Kier molecular flexibility index (Phi) is 5.87. The highest BCUT2D eigenvalue weighted by Crippen LogP contribution is 2.26. The van der Waals surface area contributed by atoms with Gasteiger partial charge in [0.1, 0.15) is 23.0 Å². The molecule has 0 aliphatic heterocycles. The number of hydrogen-bond donors (Lipinski definition) is 1. The van der Waals surface area contributed by atoms with Crippen LogP contribution in [-0.4, -0.2) is 28.7 Å². The highest BCUT2D eigenvalue weighted by atomic mass is 35.5. The molecule has 0 atom stereocenters. The zero-order chi connectivity index (χ0) is 16.9. The Balaban J connectivity index is 1.96. The summed E-state index contributed by atoms with van der Waals surface area (Å²) in [5.74, 6) is 0.927. The Morgan fingerprint density at radius 3 is 2.48 bits per heavy atom. The number of ether oxygens (including phenoxy) is 2. The van der Waals surface area contributed by atoms with Crippen LogP contribution in [0.1, 0.15) is 5.56 Å². The van der Waals surface area contributed by atoms with Gasteiger partial charge in [-0.25, -0.2) is 13.1 Å². The largest absolute Gasteiger partial charge is 0.495 e. The molecule has 0 amide bonds. The van der Waals surface area contributed by atoms with Crippen LogP contribution in [-0.2, 0) is 10.0 Å². The second-order valence-electron chi connectivity index (χ2n) is 4.85. The molecule has 0 spiro atoms. The number of benzene rings is 2. The molecule has 0 heterocycles. The van der Waals surface area contributed by atoms with Crippen molar-refractivity contribution in [2.45, 2.75) is 11.8 Å². The number of nitrogens with one attached hydrogen (secondary N) is 1. The molecule has 2 rings (SSSR count). The maximum Gasteiger partial charge on any atom is 0.244 e. The smallest absolute Gasteiger partial charge is 0.244 e. The van der Waals surface area contributed by atoms with Crippen molar-refractivity contribution < 1.29 is 17.9 Å². The lowest BCUT2D eigenvalue weighted by Gasteiger charge is -2.11. The predicted molar refractivity (Wildman–Crippen MR) is 89.9 cm³/mol. The fourth-order valence-electron chi connectivity index (χ4n) is 1.92. The number of halogens is 1. The van der Waals surface area contributed by atoms with Crippen LogP contribution in [0.25, 0.3) is 0 Å². The summed E-state index contributed by atoms with van der Waals surface area (Å²) in [4.78, 5) is 0.00263. The summed E-state index contributed by atoms with van der Waals surface area (Å²) in [6.45, 7) is 2.33. The van der Waals surface area contributed by atoms with Crippen LogP contribution in [0.15, 0.2) is 47.4 Å². The lowest BCUT2D eigenvalue weighted by atomic mass is 10.2. The van der Waals surface area contributed by atoms with E-state index in [-0.39, 0.29) is 23.8 Å². The van der Waals surface area contributed by atoms with Gasteiger partial charge in [0, 0.05) is 11.6 Å². The number of sulfonamides is 1. The van der Waals surface area contributed by atoms with Crippen LogP contribution in [0.3, 0.4) is 0 Å². The molecule has 0 saturated heterocycles. The summed E-state index contributed by atoms with van der Waals surface area (Å²) >= 11 is 5.86. The summed E-state index contributed by atoms with van der Waals surface area (Å²) in [7, 11) is -2.32. The maximum absolute atomic E-state index is 12.3.